The van der Waals surface area contributed by atoms with Gasteiger partial charge in [-0.1, -0.05) is 6.58 Å². The third-order valence-corrected chi connectivity index (χ3v) is 3.83. The van der Waals surface area contributed by atoms with Gasteiger partial charge in [0.05, 0.1) is 45.9 Å². The van der Waals surface area contributed by atoms with Gasteiger partial charge in [-0.25, -0.2) is 0 Å². The summed E-state index contributed by atoms with van der Waals surface area (Å²) in [7, 11) is 0. The number of rotatable bonds is 2. The van der Waals surface area contributed by atoms with E-state index in [4.69, 9.17) is 34.9 Å². The summed E-state index contributed by atoms with van der Waals surface area (Å²) in [4.78, 5) is 0. The summed E-state index contributed by atoms with van der Waals surface area (Å²) in [6.07, 6.45) is 1.24. The zero-order chi connectivity index (χ0) is 11.0. The van der Waals surface area contributed by atoms with E-state index in [9.17, 15) is 0 Å². The molecule has 88 valence electrons. The van der Waals surface area contributed by atoms with E-state index < -0.39 is 6.72 Å². The molecule has 0 amide bonds. The largest absolute Gasteiger partial charge is 0.433 e. The SMILES string of the molecule is C=COP1(=S)OCCOCCOCCO1. The highest BCUT2D eigenvalue weighted by Crippen LogP contribution is 2.49. The lowest BCUT2D eigenvalue weighted by atomic mass is 10.7. The molecule has 1 heterocycles. The van der Waals surface area contributed by atoms with Gasteiger partial charge in [0.2, 0.25) is 0 Å². The minimum atomic E-state index is -2.70. The maximum atomic E-state index is 5.33. The molecule has 0 saturated carbocycles. The summed E-state index contributed by atoms with van der Waals surface area (Å²) in [5, 5.41) is 0. The molecule has 7 heteroatoms. The average Bonchev–Trinajstić information content (AvgIpc) is 2.24. The van der Waals surface area contributed by atoms with Gasteiger partial charge >= 0.3 is 6.72 Å². The molecule has 0 aromatic carbocycles. The van der Waals surface area contributed by atoms with E-state index in [1.807, 2.05) is 0 Å². The van der Waals surface area contributed by atoms with Gasteiger partial charge < -0.3 is 14.0 Å². The Morgan fingerprint density at radius 1 is 1.00 bits per heavy atom. The van der Waals surface area contributed by atoms with Crippen LogP contribution in [0.25, 0.3) is 0 Å². The van der Waals surface area contributed by atoms with Crippen LogP contribution >= 0.6 is 6.72 Å². The Hall–Kier alpha value is 0.0300. The summed E-state index contributed by atoms with van der Waals surface area (Å²) in [6.45, 7) is 3.44. The molecule has 1 rings (SSSR count). The lowest BCUT2D eigenvalue weighted by molar-refractivity contribution is 0.0375. The minimum absolute atomic E-state index is 0.352. The van der Waals surface area contributed by atoms with Crippen LogP contribution in [0.2, 0.25) is 0 Å². The highest BCUT2D eigenvalue weighted by molar-refractivity contribution is 8.07. The van der Waals surface area contributed by atoms with E-state index in [2.05, 4.69) is 6.58 Å². The first-order valence-corrected chi connectivity index (χ1v) is 7.16. The average molecular weight is 254 g/mol. The Morgan fingerprint density at radius 2 is 1.47 bits per heavy atom. The summed E-state index contributed by atoms with van der Waals surface area (Å²) in [5.41, 5.74) is 0. The van der Waals surface area contributed by atoms with Crippen LogP contribution in [0.3, 0.4) is 0 Å². The maximum Gasteiger partial charge on any atom is 0.380 e. The van der Waals surface area contributed by atoms with E-state index in [1.165, 1.54) is 6.26 Å². The third-order valence-electron chi connectivity index (χ3n) is 1.53. The molecule has 0 radical (unpaired) electrons. The van der Waals surface area contributed by atoms with Crippen LogP contribution in [-0.4, -0.2) is 39.6 Å². The Balaban J connectivity index is 2.45. The van der Waals surface area contributed by atoms with Gasteiger partial charge in [0, 0.05) is 11.8 Å². The second-order valence-electron chi connectivity index (χ2n) is 2.61. The smallest absolute Gasteiger partial charge is 0.380 e. The molecule has 5 nitrogen and oxygen atoms in total. The molecule has 0 spiro atoms. The Kier molecular flexibility index (Phi) is 6.40. The van der Waals surface area contributed by atoms with Gasteiger partial charge in [-0.2, -0.15) is 0 Å². The lowest BCUT2D eigenvalue weighted by Gasteiger charge is -2.19. The molecule has 0 atom stereocenters. The standard InChI is InChI=1S/C8H15O5PS/c1-2-11-14(15)12-7-5-9-3-4-10-6-8-13-14/h2H,1,3-8H2. The summed E-state index contributed by atoms with van der Waals surface area (Å²) >= 11 is 5.11. The summed E-state index contributed by atoms with van der Waals surface area (Å²) < 4.78 is 26.2. The third kappa shape index (κ3) is 5.61. The maximum absolute atomic E-state index is 5.33. The van der Waals surface area contributed by atoms with Crippen molar-refractivity contribution in [2.24, 2.45) is 0 Å². The van der Waals surface area contributed by atoms with Gasteiger partial charge in [0.1, 0.15) is 0 Å². The molecule has 1 aliphatic rings. The van der Waals surface area contributed by atoms with E-state index in [1.54, 1.807) is 0 Å². The molecular weight excluding hydrogens is 239 g/mol. The molecule has 0 N–H and O–H groups in total. The Morgan fingerprint density at radius 3 is 1.93 bits per heavy atom. The summed E-state index contributed by atoms with van der Waals surface area (Å²) in [5.74, 6) is 0. The molecule has 1 fully saturated rings. The number of hydrogen-bond acceptors (Lipinski definition) is 6. The summed E-state index contributed by atoms with van der Waals surface area (Å²) in [6, 6.07) is 0. The van der Waals surface area contributed by atoms with Gasteiger partial charge in [-0.15, -0.1) is 0 Å². The topological polar surface area (TPSA) is 46.2 Å². The molecule has 1 saturated heterocycles. The van der Waals surface area contributed by atoms with Crippen molar-refractivity contribution in [1.82, 2.24) is 0 Å². The van der Waals surface area contributed by atoms with E-state index in [0.717, 1.165) is 0 Å². The first-order valence-electron chi connectivity index (χ1n) is 4.61. The molecule has 0 aromatic rings. The predicted octanol–water partition coefficient (Wildman–Crippen LogP) is 1.45. The van der Waals surface area contributed by atoms with Crippen molar-refractivity contribution in [2.45, 2.75) is 0 Å². The first kappa shape index (κ1) is 13.1. The fraction of sp³-hybridized carbons (Fsp3) is 0.750. The van der Waals surface area contributed by atoms with Crippen LogP contribution in [0, 0.1) is 0 Å². The van der Waals surface area contributed by atoms with E-state index in [0.29, 0.717) is 39.6 Å². The van der Waals surface area contributed by atoms with Crippen LogP contribution in [0.4, 0.5) is 0 Å². The lowest BCUT2D eigenvalue weighted by Crippen LogP contribution is -2.08. The fourth-order valence-corrected chi connectivity index (χ4v) is 2.53. The van der Waals surface area contributed by atoms with Crippen molar-refractivity contribution in [1.29, 1.82) is 0 Å². The van der Waals surface area contributed by atoms with E-state index >= 15 is 0 Å². The second kappa shape index (κ2) is 7.33. The molecule has 0 aliphatic carbocycles. The van der Waals surface area contributed by atoms with Crippen molar-refractivity contribution in [2.75, 3.05) is 39.6 Å². The normalized spacial score (nSPS) is 23.7. The number of ether oxygens (including phenoxy) is 2. The van der Waals surface area contributed by atoms with Crippen molar-refractivity contribution < 1.29 is 23.0 Å². The Labute approximate surface area is 94.5 Å². The van der Waals surface area contributed by atoms with Crippen LogP contribution in [0.5, 0.6) is 0 Å². The molecule has 1 aliphatic heterocycles. The van der Waals surface area contributed by atoms with Crippen molar-refractivity contribution in [3.8, 4) is 0 Å². The van der Waals surface area contributed by atoms with Gasteiger partial charge in [-0.3, -0.25) is 9.05 Å². The fourth-order valence-electron chi connectivity index (χ4n) is 0.927. The van der Waals surface area contributed by atoms with Crippen LogP contribution < -0.4 is 0 Å². The zero-order valence-electron chi connectivity index (χ0n) is 8.42. The van der Waals surface area contributed by atoms with Crippen molar-refractivity contribution in [3.63, 3.8) is 0 Å². The van der Waals surface area contributed by atoms with Gasteiger partial charge in [-0.05, 0) is 0 Å². The van der Waals surface area contributed by atoms with Crippen LogP contribution in [0.1, 0.15) is 0 Å². The zero-order valence-corrected chi connectivity index (χ0v) is 10.1. The van der Waals surface area contributed by atoms with Crippen molar-refractivity contribution in [3.05, 3.63) is 12.8 Å². The van der Waals surface area contributed by atoms with Crippen LogP contribution in [0.15, 0.2) is 12.8 Å². The van der Waals surface area contributed by atoms with E-state index in [-0.39, 0.29) is 0 Å². The predicted molar refractivity (Wildman–Crippen MR) is 59.1 cm³/mol. The monoisotopic (exact) mass is 254 g/mol. The molecule has 15 heavy (non-hydrogen) atoms. The highest BCUT2D eigenvalue weighted by atomic mass is 32.5. The molecule has 0 unspecified atom stereocenters. The Bertz CT molecular complexity index is 219. The second-order valence-corrected chi connectivity index (χ2v) is 5.57. The van der Waals surface area contributed by atoms with Gasteiger partial charge in [0.15, 0.2) is 0 Å². The molecule has 0 aromatic heterocycles. The van der Waals surface area contributed by atoms with Crippen molar-refractivity contribution >= 4 is 18.5 Å². The quantitative estimate of drug-likeness (QED) is 0.549. The van der Waals surface area contributed by atoms with Gasteiger partial charge in [0.25, 0.3) is 0 Å². The first-order chi connectivity index (χ1) is 7.27. The van der Waals surface area contributed by atoms with Crippen LogP contribution in [-0.2, 0) is 34.9 Å². The number of hydrogen-bond donors (Lipinski definition) is 0. The minimum Gasteiger partial charge on any atom is -0.433 e. The highest BCUT2D eigenvalue weighted by Gasteiger charge is 2.20. The molecular formula is C8H15O5PS. The molecule has 0 bridgehead atoms.